The molecule has 9 heteroatoms. The maximum atomic E-state index is 13.8. The van der Waals surface area contributed by atoms with Crippen LogP contribution in [0.4, 0.5) is 0 Å². The molecule has 1 aromatic rings. The molecule has 0 radical (unpaired) electrons. The van der Waals surface area contributed by atoms with E-state index in [4.69, 9.17) is 8.85 Å². The van der Waals surface area contributed by atoms with Crippen LogP contribution in [0.15, 0.2) is 29.2 Å². The lowest BCUT2D eigenvalue weighted by atomic mass is 10.00. The van der Waals surface area contributed by atoms with Crippen molar-refractivity contribution >= 4 is 26.7 Å². The summed E-state index contributed by atoms with van der Waals surface area (Å²) in [7, 11) is -8.38. The van der Waals surface area contributed by atoms with Crippen LogP contribution in [0.1, 0.15) is 138 Å². The number of rotatable bonds is 23. The van der Waals surface area contributed by atoms with Crippen LogP contribution in [0.25, 0.3) is 0 Å². The molecule has 270 valence electrons. The third kappa shape index (κ3) is 15.8. The van der Waals surface area contributed by atoms with Crippen molar-refractivity contribution in [2.24, 2.45) is 0 Å². The highest BCUT2D eigenvalue weighted by molar-refractivity contribution is 7.89. The minimum atomic E-state index is -3.85. The molecule has 1 aromatic carbocycles. The second kappa shape index (κ2) is 19.6. The number of aryl methyl sites for hydroxylation is 1. The van der Waals surface area contributed by atoms with Gasteiger partial charge in [0.15, 0.2) is 16.6 Å². The van der Waals surface area contributed by atoms with E-state index < -0.39 is 44.9 Å². The summed E-state index contributed by atoms with van der Waals surface area (Å²) in [6.45, 7) is 26.3. The van der Waals surface area contributed by atoms with Crippen LogP contribution in [0.3, 0.4) is 0 Å². The van der Waals surface area contributed by atoms with Gasteiger partial charge in [0.2, 0.25) is 10.0 Å². The minimum Gasteiger partial charge on any atom is -0.415 e. The molecule has 0 saturated heterocycles. The first-order valence-electron chi connectivity index (χ1n) is 18.2. The molecular weight excluding hydrogens is 627 g/mol. The zero-order chi connectivity index (χ0) is 35.2. The van der Waals surface area contributed by atoms with Gasteiger partial charge in [-0.15, -0.1) is 0 Å². The molecule has 0 aliphatic carbocycles. The van der Waals surface area contributed by atoms with Gasteiger partial charge in [0.25, 0.3) is 0 Å². The molecule has 6 nitrogen and oxygen atoms in total. The van der Waals surface area contributed by atoms with Gasteiger partial charge in [0.1, 0.15) is 0 Å². The summed E-state index contributed by atoms with van der Waals surface area (Å²) in [6.07, 6.45) is 13.8. The molecule has 0 saturated carbocycles. The summed E-state index contributed by atoms with van der Waals surface area (Å²) in [5, 5.41) is 11.2. The Labute approximate surface area is 287 Å². The molecule has 0 fully saturated rings. The van der Waals surface area contributed by atoms with E-state index in [1.54, 1.807) is 12.1 Å². The van der Waals surface area contributed by atoms with Crippen molar-refractivity contribution in [2.75, 3.05) is 6.61 Å². The van der Waals surface area contributed by atoms with Gasteiger partial charge in [-0.05, 0) is 68.2 Å². The zero-order valence-electron chi connectivity index (χ0n) is 31.9. The molecular formula is C37H73NO5SSi2. The lowest BCUT2D eigenvalue weighted by molar-refractivity contribution is 0.0495. The third-order valence-electron chi connectivity index (χ3n) is 10.4. The van der Waals surface area contributed by atoms with Crippen LogP contribution >= 0.6 is 0 Å². The second-order valence-electron chi connectivity index (χ2n) is 16.7. The smallest absolute Gasteiger partial charge is 0.240 e. The van der Waals surface area contributed by atoms with Crippen LogP contribution in [0, 0.1) is 6.92 Å². The maximum Gasteiger partial charge on any atom is 0.240 e. The number of unbranched alkanes of at least 4 members (excludes halogenated alkanes) is 10. The number of nitrogens with one attached hydrogen (secondary N) is 1. The highest BCUT2D eigenvalue weighted by atomic mass is 32.2. The van der Waals surface area contributed by atoms with E-state index in [2.05, 4.69) is 79.4 Å². The SMILES string of the molecule is CCCCCCCCCCCCC[C@@H](O)C[C@@H](O[Si](C)(C)C(C)(C)C)[C@H](CO[Si](C)(C)C(C)(C)C)NS(=O)(=O)c1ccc(C)cc1. The number of aliphatic hydroxyl groups is 1. The first-order chi connectivity index (χ1) is 21.1. The standard InChI is InChI=1S/C37H73NO5SSi2/c1-13-14-15-16-17-18-19-20-21-22-23-24-32(39)29-35(43-46(11,12)37(6,7)8)34(30-42-45(9,10)36(3,4)5)38-44(40,41)33-27-25-31(2)26-28-33/h25-28,32,34-35,38-39H,13-24,29-30H2,1-12H3/t32-,34+,35-/m1/s1. The summed E-state index contributed by atoms with van der Waals surface area (Å²) < 4.78 is 44.1. The van der Waals surface area contributed by atoms with E-state index in [9.17, 15) is 13.5 Å². The molecule has 0 aromatic heterocycles. The van der Waals surface area contributed by atoms with Gasteiger partial charge in [-0.2, -0.15) is 0 Å². The van der Waals surface area contributed by atoms with Gasteiger partial charge in [-0.1, -0.05) is 137 Å². The lowest BCUT2D eigenvalue weighted by Crippen LogP contribution is -2.55. The average molecular weight is 700 g/mol. The number of benzene rings is 1. The average Bonchev–Trinajstić information content (AvgIpc) is 2.92. The van der Waals surface area contributed by atoms with Gasteiger partial charge in [0, 0.05) is 0 Å². The van der Waals surface area contributed by atoms with E-state index in [1.165, 1.54) is 57.8 Å². The van der Waals surface area contributed by atoms with Gasteiger partial charge in [-0.3, -0.25) is 0 Å². The van der Waals surface area contributed by atoms with E-state index in [0.717, 1.165) is 18.4 Å². The quantitative estimate of drug-likeness (QED) is 0.0877. The Balaban J connectivity index is 3.10. The number of hydrogen-bond donors (Lipinski definition) is 2. The van der Waals surface area contributed by atoms with Crippen molar-refractivity contribution < 1.29 is 22.4 Å². The molecule has 0 spiro atoms. The van der Waals surface area contributed by atoms with Crippen molar-refractivity contribution in [3.8, 4) is 0 Å². The Bertz CT molecular complexity index is 1080. The molecule has 46 heavy (non-hydrogen) atoms. The van der Waals surface area contributed by atoms with E-state index >= 15 is 0 Å². The van der Waals surface area contributed by atoms with Crippen molar-refractivity contribution in [2.45, 2.75) is 198 Å². The molecule has 0 amide bonds. The molecule has 3 atom stereocenters. The van der Waals surface area contributed by atoms with E-state index in [1.807, 2.05) is 19.1 Å². The fraction of sp³-hybridized carbons (Fsp3) is 0.838. The highest BCUT2D eigenvalue weighted by Crippen LogP contribution is 2.39. The topological polar surface area (TPSA) is 84.9 Å². The van der Waals surface area contributed by atoms with Crippen LogP contribution in [-0.2, 0) is 18.9 Å². The van der Waals surface area contributed by atoms with E-state index in [0.29, 0.717) is 12.8 Å². The molecule has 0 aliphatic heterocycles. The Hall–Kier alpha value is -0.556. The first-order valence-corrected chi connectivity index (χ1v) is 25.5. The predicted octanol–water partition coefficient (Wildman–Crippen LogP) is 10.5. The molecule has 0 aliphatic rings. The van der Waals surface area contributed by atoms with Gasteiger partial charge in [0.05, 0.1) is 29.8 Å². The summed E-state index contributed by atoms with van der Waals surface area (Å²) in [5.41, 5.74) is 1.00. The Morgan fingerprint density at radius 3 is 1.67 bits per heavy atom. The summed E-state index contributed by atoms with van der Waals surface area (Å²) in [5.74, 6) is 0. The second-order valence-corrected chi connectivity index (χ2v) is 28.0. The predicted molar refractivity (Wildman–Crippen MR) is 202 cm³/mol. The van der Waals surface area contributed by atoms with Crippen molar-refractivity contribution in [3.05, 3.63) is 29.8 Å². The Kier molecular flexibility index (Phi) is 18.5. The van der Waals surface area contributed by atoms with Crippen LogP contribution in [0.5, 0.6) is 0 Å². The van der Waals surface area contributed by atoms with Crippen LogP contribution in [-0.4, -0.2) is 55.0 Å². The summed E-state index contributed by atoms with van der Waals surface area (Å²) in [4.78, 5) is 0.225. The molecule has 0 heterocycles. The fourth-order valence-electron chi connectivity index (χ4n) is 5.00. The molecule has 1 rings (SSSR count). The fourth-order valence-corrected chi connectivity index (χ4v) is 8.65. The van der Waals surface area contributed by atoms with Crippen molar-refractivity contribution in [1.82, 2.24) is 4.72 Å². The minimum absolute atomic E-state index is 0.0300. The third-order valence-corrected chi connectivity index (χ3v) is 20.9. The van der Waals surface area contributed by atoms with Gasteiger partial charge < -0.3 is 14.0 Å². The number of aliphatic hydroxyl groups excluding tert-OH is 1. The Morgan fingerprint density at radius 1 is 0.761 bits per heavy atom. The summed E-state index contributed by atoms with van der Waals surface area (Å²) >= 11 is 0. The monoisotopic (exact) mass is 699 g/mol. The maximum absolute atomic E-state index is 13.8. The normalized spacial score (nSPS) is 15.6. The zero-order valence-corrected chi connectivity index (χ0v) is 34.7. The highest BCUT2D eigenvalue weighted by Gasteiger charge is 2.43. The van der Waals surface area contributed by atoms with Gasteiger partial charge >= 0.3 is 0 Å². The number of sulfonamides is 1. The van der Waals surface area contributed by atoms with Crippen molar-refractivity contribution in [3.63, 3.8) is 0 Å². The first kappa shape index (κ1) is 43.5. The molecule has 0 bridgehead atoms. The van der Waals surface area contributed by atoms with Crippen molar-refractivity contribution in [1.29, 1.82) is 0 Å². The number of hydrogen-bond acceptors (Lipinski definition) is 5. The molecule has 0 unspecified atom stereocenters. The van der Waals surface area contributed by atoms with Gasteiger partial charge in [-0.25, -0.2) is 13.1 Å². The van der Waals surface area contributed by atoms with E-state index in [-0.39, 0.29) is 21.6 Å². The van der Waals surface area contributed by atoms with Crippen LogP contribution < -0.4 is 4.72 Å². The summed E-state index contributed by atoms with van der Waals surface area (Å²) in [6, 6.07) is 6.29. The van der Waals surface area contributed by atoms with Crippen LogP contribution in [0.2, 0.25) is 36.3 Å². The Morgan fingerprint density at radius 2 is 1.22 bits per heavy atom. The lowest BCUT2D eigenvalue weighted by Gasteiger charge is -2.43. The largest absolute Gasteiger partial charge is 0.415 e. The molecule has 2 N–H and O–H groups in total.